The molecule has 0 saturated heterocycles. The van der Waals surface area contributed by atoms with E-state index in [0.717, 1.165) is 23.1 Å². The quantitative estimate of drug-likeness (QED) is 0.720. The van der Waals surface area contributed by atoms with Gasteiger partial charge in [-0.05, 0) is 36.4 Å². The summed E-state index contributed by atoms with van der Waals surface area (Å²) in [5, 5.41) is 5.52. The fraction of sp³-hybridized carbons (Fsp3) is 0.250. The molecule has 2 N–H and O–H groups in total. The second-order valence-corrected chi connectivity index (χ2v) is 5.38. The summed E-state index contributed by atoms with van der Waals surface area (Å²) in [7, 11) is 0. The number of nitrogens with two attached hydrogens (primary N) is 1. The summed E-state index contributed by atoms with van der Waals surface area (Å²) in [4.78, 5) is 8.57. The van der Waals surface area contributed by atoms with Gasteiger partial charge >= 0.3 is 0 Å². The van der Waals surface area contributed by atoms with Gasteiger partial charge in [-0.15, -0.1) is 0 Å². The van der Waals surface area contributed by atoms with Crippen LogP contribution in [-0.4, -0.2) is 21.0 Å². The number of allylic oxidation sites excluding steroid dienone is 1. The highest BCUT2D eigenvalue weighted by atomic mass is 15.3. The molecule has 2 heterocycles. The molecule has 0 saturated carbocycles. The van der Waals surface area contributed by atoms with Gasteiger partial charge in [-0.2, -0.15) is 5.10 Å². The van der Waals surface area contributed by atoms with Crippen molar-refractivity contribution in [1.29, 1.82) is 0 Å². The van der Waals surface area contributed by atoms with Crippen LogP contribution in [0.25, 0.3) is 10.9 Å². The number of fused-ring (bicyclic) bond motifs is 1. The van der Waals surface area contributed by atoms with Crippen molar-refractivity contribution in [3.8, 4) is 0 Å². The summed E-state index contributed by atoms with van der Waals surface area (Å²) in [6, 6.07) is 10.5. The van der Waals surface area contributed by atoms with E-state index < -0.39 is 0 Å². The zero-order chi connectivity index (χ0) is 18.1. The molecule has 25 heavy (non-hydrogen) atoms. The highest BCUT2D eigenvalue weighted by Gasteiger charge is 2.04. The third-order valence-corrected chi connectivity index (χ3v) is 3.59. The van der Waals surface area contributed by atoms with Gasteiger partial charge in [0.2, 0.25) is 0 Å². The molecular formula is C20H25N5. The van der Waals surface area contributed by atoms with Crippen LogP contribution < -0.4 is 5.73 Å². The van der Waals surface area contributed by atoms with Crippen LogP contribution in [0.3, 0.4) is 0 Å². The molecule has 2 aromatic heterocycles. The Hall–Kier alpha value is -2.95. The van der Waals surface area contributed by atoms with E-state index >= 15 is 0 Å². The van der Waals surface area contributed by atoms with Crippen LogP contribution in [0, 0.1) is 6.92 Å². The number of benzene rings is 1. The Morgan fingerprint density at radius 1 is 1.12 bits per heavy atom. The van der Waals surface area contributed by atoms with Crippen LogP contribution in [0.15, 0.2) is 60.0 Å². The van der Waals surface area contributed by atoms with Gasteiger partial charge < -0.3 is 5.73 Å². The number of aryl methyl sites for hydroxylation is 1. The minimum atomic E-state index is 0.653. The minimum absolute atomic E-state index is 0.653. The number of aliphatic imine (C=N–C) groups is 1. The molecule has 5 heteroatoms. The van der Waals surface area contributed by atoms with E-state index in [9.17, 15) is 0 Å². The first kappa shape index (κ1) is 18.4. The summed E-state index contributed by atoms with van der Waals surface area (Å²) in [5.74, 6) is 0. The van der Waals surface area contributed by atoms with Gasteiger partial charge in [0.1, 0.15) is 0 Å². The van der Waals surface area contributed by atoms with Crippen LogP contribution in [0.4, 0.5) is 0 Å². The Kier molecular flexibility index (Phi) is 6.89. The van der Waals surface area contributed by atoms with Crippen LogP contribution >= 0.6 is 0 Å². The number of hydrogen-bond acceptors (Lipinski definition) is 4. The molecule has 3 aromatic rings. The zero-order valence-corrected chi connectivity index (χ0v) is 15.1. The van der Waals surface area contributed by atoms with Crippen molar-refractivity contribution in [2.24, 2.45) is 10.7 Å². The predicted molar refractivity (Wildman–Crippen MR) is 105 cm³/mol. The predicted octanol–water partition coefficient (Wildman–Crippen LogP) is 3.86. The third-order valence-electron chi connectivity index (χ3n) is 3.59. The molecule has 0 aliphatic rings. The monoisotopic (exact) mass is 335 g/mol. The van der Waals surface area contributed by atoms with E-state index in [1.54, 1.807) is 12.3 Å². The van der Waals surface area contributed by atoms with Crippen molar-refractivity contribution in [1.82, 2.24) is 14.8 Å². The van der Waals surface area contributed by atoms with Crippen LogP contribution in [0.5, 0.6) is 0 Å². The topological polar surface area (TPSA) is 69.1 Å². The summed E-state index contributed by atoms with van der Waals surface area (Å²) in [6.07, 6.45) is 8.62. The van der Waals surface area contributed by atoms with Gasteiger partial charge in [0, 0.05) is 23.5 Å². The average molecular weight is 335 g/mol. The number of nitrogens with zero attached hydrogens (tertiary/aromatic N) is 4. The highest BCUT2D eigenvalue weighted by Crippen LogP contribution is 2.15. The maximum Gasteiger partial charge on any atom is 0.0719 e. The lowest BCUT2D eigenvalue weighted by Crippen LogP contribution is -2.01. The van der Waals surface area contributed by atoms with Crippen LogP contribution in [0.1, 0.15) is 30.7 Å². The van der Waals surface area contributed by atoms with Crippen molar-refractivity contribution in [2.75, 3.05) is 0 Å². The van der Waals surface area contributed by atoms with Gasteiger partial charge in [0.05, 0.1) is 24.8 Å². The molecule has 1 aromatic carbocycles. The summed E-state index contributed by atoms with van der Waals surface area (Å²) < 4.78 is 2.00. The SMILES string of the molecule is CC.Cc1cc2c(cn1)cnn2Cc1ccc(CN=C/C=C\N)cc1. The Labute approximate surface area is 148 Å². The highest BCUT2D eigenvalue weighted by molar-refractivity contribution is 5.77. The first-order valence-electron chi connectivity index (χ1n) is 8.49. The van der Waals surface area contributed by atoms with E-state index in [0.29, 0.717) is 6.54 Å². The maximum absolute atomic E-state index is 5.26. The summed E-state index contributed by atoms with van der Waals surface area (Å²) >= 11 is 0. The molecule has 0 amide bonds. The maximum atomic E-state index is 5.26. The normalized spacial score (nSPS) is 11.2. The van der Waals surface area contributed by atoms with Crippen LogP contribution in [-0.2, 0) is 13.1 Å². The van der Waals surface area contributed by atoms with Crippen molar-refractivity contribution >= 4 is 17.1 Å². The largest absolute Gasteiger partial charge is 0.405 e. The third kappa shape index (κ3) is 5.01. The summed E-state index contributed by atoms with van der Waals surface area (Å²) in [6.45, 7) is 7.39. The van der Waals surface area contributed by atoms with Crippen molar-refractivity contribution in [3.63, 3.8) is 0 Å². The number of hydrogen-bond donors (Lipinski definition) is 1. The van der Waals surface area contributed by atoms with Crippen LogP contribution in [0.2, 0.25) is 0 Å². The molecule has 0 fully saturated rings. The molecule has 0 radical (unpaired) electrons. The molecule has 5 nitrogen and oxygen atoms in total. The molecule has 3 rings (SSSR count). The Bertz CT molecular complexity index is 844. The molecule has 0 bridgehead atoms. The molecule has 0 aliphatic carbocycles. The van der Waals surface area contributed by atoms with E-state index in [2.05, 4.69) is 45.4 Å². The average Bonchev–Trinajstić information content (AvgIpc) is 3.04. The molecular weight excluding hydrogens is 310 g/mol. The fourth-order valence-electron chi connectivity index (χ4n) is 2.39. The smallest absolute Gasteiger partial charge is 0.0719 e. The second-order valence-electron chi connectivity index (χ2n) is 5.38. The van der Waals surface area contributed by atoms with Gasteiger partial charge in [-0.25, -0.2) is 0 Å². The molecule has 130 valence electrons. The van der Waals surface area contributed by atoms with E-state index in [1.807, 2.05) is 37.8 Å². The lowest BCUT2D eigenvalue weighted by molar-refractivity contribution is 0.711. The molecule has 0 atom stereocenters. The van der Waals surface area contributed by atoms with Crippen molar-refractivity contribution in [2.45, 2.75) is 33.9 Å². The second kappa shape index (κ2) is 9.37. The molecule has 0 spiro atoms. The Morgan fingerprint density at radius 2 is 1.84 bits per heavy atom. The van der Waals surface area contributed by atoms with Crippen molar-refractivity contribution in [3.05, 3.63) is 71.8 Å². The van der Waals surface area contributed by atoms with E-state index in [-0.39, 0.29) is 0 Å². The van der Waals surface area contributed by atoms with E-state index in [1.165, 1.54) is 17.3 Å². The van der Waals surface area contributed by atoms with Gasteiger partial charge in [0.15, 0.2) is 0 Å². The first-order valence-corrected chi connectivity index (χ1v) is 8.49. The van der Waals surface area contributed by atoms with Gasteiger partial charge in [0.25, 0.3) is 0 Å². The number of aromatic nitrogens is 3. The summed E-state index contributed by atoms with van der Waals surface area (Å²) in [5.41, 5.74) is 9.74. The molecule has 0 unspecified atom stereocenters. The van der Waals surface area contributed by atoms with Crippen molar-refractivity contribution < 1.29 is 0 Å². The Morgan fingerprint density at radius 3 is 2.56 bits per heavy atom. The lowest BCUT2D eigenvalue weighted by atomic mass is 10.1. The zero-order valence-electron chi connectivity index (χ0n) is 15.1. The Balaban J connectivity index is 0.00000109. The number of pyridine rings is 1. The van der Waals surface area contributed by atoms with Gasteiger partial charge in [-0.1, -0.05) is 38.1 Å². The van der Waals surface area contributed by atoms with Gasteiger partial charge in [-0.3, -0.25) is 14.7 Å². The molecule has 0 aliphatic heterocycles. The standard InChI is InChI=1S/C18H19N5.C2H6/c1-14-9-18-17(11-21-14)12-22-23(18)13-16-5-3-15(4-6-16)10-20-8-2-7-19;1-2/h2-9,11-12H,10,13,19H2,1H3;1-2H3/b7-2-,20-8?;. The minimum Gasteiger partial charge on any atom is -0.405 e. The lowest BCUT2D eigenvalue weighted by Gasteiger charge is -2.05. The number of rotatable bonds is 5. The first-order chi connectivity index (χ1) is 12.3. The fourth-order valence-corrected chi connectivity index (χ4v) is 2.39. The van der Waals surface area contributed by atoms with E-state index in [4.69, 9.17) is 5.73 Å².